The lowest BCUT2D eigenvalue weighted by Gasteiger charge is -2.35. The molecule has 0 aliphatic carbocycles. The molecule has 0 radical (unpaired) electrons. The van der Waals surface area contributed by atoms with E-state index < -0.39 is 0 Å². The molecular weight excluding hydrogens is 416 g/mol. The number of methoxy groups -OCH3 is 1. The van der Waals surface area contributed by atoms with Crippen molar-refractivity contribution in [2.24, 2.45) is 0 Å². The van der Waals surface area contributed by atoms with Crippen LogP contribution in [0.2, 0.25) is 0 Å². The van der Waals surface area contributed by atoms with Crippen LogP contribution < -0.4 is 10.1 Å². The van der Waals surface area contributed by atoms with Gasteiger partial charge in [0.1, 0.15) is 5.75 Å². The van der Waals surface area contributed by atoms with Crippen LogP contribution in [-0.4, -0.2) is 79.6 Å². The second kappa shape index (κ2) is 12.1. The quantitative estimate of drug-likeness (QED) is 0.666. The predicted molar refractivity (Wildman–Crippen MR) is 132 cm³/mol. The van der Waals surface area contributed by atoms with Crippen LogP contribution in [0.3, 0.4) is 0 Å². The van der Waals surface area contributed by atoms with E-state index in [1.807, 2.05) is 77.4 Å². The third kappa shape index (κ3) is 7.36. The monoisotopic (exact) mass is 450 g/mol. The molecule has 0 saturated carbocycles. The highest BCUT2D eigenvalue weighted by atomic mass is 16.5. The van der Waals surface area contributed by atoms with Gasteiger partial charge in [-0.15, -0.1) is 0 Å². The van der Waals surface area contributed by atoms with Crippen molar-refractivity contribution in [1.29, 1.82) is 0 Å². The highest BCUT2D eigenvalue weighted by molar-refractivity contribution is 5.89. The molecule has 1 aliphatic heterocycles. The fraction of sp³-hybridized carbons (Fsp3) is 0.385. The Kier molecular flexibility index (Phi) is 8.89. The number of carbonyl (C=O) groups excluding carboxylic acids is 2. The number of ether oxygens (including phenoxy) is 1. The summed E-state index contributed by atoms with van der Waals surface area (Å²) in [6.07, 6.45) is 3.98. The van der Waals surface area contributed by atoms with Crippen LogP contribution in [0.15, 0.2) is 54.6 Å². The van der Waals surface area contributed by atoms with E-state index in [1.54, 1.807) is 14.0 Å². The number of amides is 3. The Bertz CT molecular complexity index is 968. The van der Waals surface area contributed by atoms with Gasteiger partial charge in [0.25, 0.3) is 0 Å². The van der Waals surface area contributed by atoms with Crippen molar-refractivity contribution in [2.45, 2.75) is 13.8 Å². The van der Waals surface area contributed by atoms with Crippen LogP contribution >= 0.6 is 0 Å². The van der Waals surface area contributed by atoms with E-state index in [9.17, 15) is 9.59 Å². The zero-order valence-electron chi connectivity index (χ0n) is 19.8. The summed E-state index contributed by atoms with van der Waals surface area (Å²) in [5, 5.41) is 2.98. The largest absolute Gasteiger partial charge is 0.496 e. The van der Waals surface area contributed by atoms with Gasteiger partial charge in [-0.25, -0.2) is 4.79 Å². The number of rotatable bonds is 8. The number of aryl methyl sites for hydroxylation is 1. The minimum atomic E-state index is -0.0629. The lowest BCUT2D eigenvalue weighted by atomic mass is 10.2. The Morgan fingerprint density at radius 2 is 1.85 bits per heavy atom. The Hall–Kier alpha value is -3.32. The van der Waals surface area contributed by atoms with Crippen LogP contribution in [0.25, 0.3) is 6.08 Å². The van der Waals surface area contributed by atoms with Crippen LogP contribution in [0.1, 0.15) is 18.1 Å². The number of hydrogen-bond donors (Lipinski definition) is 1. The van der Waals surface area contributed by atoms with Crippen molar-refractivity contribution >= 4 is 23.7 Å². The molecule has 33 heavy (non-hydrogen) atoms. The maximum absolute atomic E-state index is 12.5. The molecule has 3 rings (SSSR count). The highest BCUT2D eigenvalue weighted by Crippen LogP contribution is 2.18. The third-order valence-electron chi connectivity index (χ3n) is 5.82. The highest BCUT2D eigenvalue weighted by Gasteiger charge is 2.21. The van der Waals surface area contributed by atoms with Gasteiger partial charge in [-0.2, -0.15) is 0 Å². The number of nitrogens with one attached hydrogen (secondary N) is 1. The third-order valence-corrected chi connectivity index (χ3v) is 5.82. The molecule has 1 saturated heterocycles. The molecular formula is C26H34N4O3. The van der Waals surface area contributed by atoms with E-state index in [1.165, 1.54) is 0 Å². The summed E-state index contributed by atoms with van der Waals surface area (Å²) >= 11 is 0. The molecule has 7 heteroatoms. The van der Waals surface area contributed by atoms with Crippen molar-refractivity contribution in [1.82, 2.24) is 14.7 Å². The Labute approximate surface area is 196 Å². The van der Waals surface area contributed by atoms with Gasteiger partial charge >= 0.3 is 6.03 Å². The molecule has 2 aromatic carbocycles. The molecule has 0 unspecified atom stereocenters. The summed E-state index contributed by atoms with van der Waals surface area (Å²) in [5.74, 6) is 0.864. The molecule has 176 valence electrons. The number of hydrogen-bond acceptors (Lipinski definition) is 4. The topological polar surface area (TPSA) is 65.1 Å². The number of carbonyl (C=O) groups is 2. The van der Waals surface area contributed by atoms with E-state index in [0.29, 0.717) is 26.2 Å². The molecule has 3 amide bonds. The van der Waals surface area contributed by atoms with Gasteiger partial charge < -0.3 is 19.9 Å². The summed E-state index contributed by atoms with van der Waals surface area (Å²) in [4.78, 5) is 30.6. The summed E-state index contributed by atoms with van der Waals surface area (Å²) in [7, 11) is 1.65. The molecule has 0 spiro atoms. The molecule has 1 N–H and O–H groups in total. The molecule has 0 aromatic heterocycles. The average Bonchev–Trinajstić information content (AvgIpc) is 2.81. The average molecular weight is 451 g/mol. The number of urea groups is 1. The van der Waals surface area contributed by atoms with Crippen molar-refractivity contribution in [3.05, 3.63) is 65.7 Å². The Morgan fingerprint density at radius 3 is 2.55 bits per heavy atom. The molecule has 1 aliphatic rings. The molecule has 1 fully saturated rings. The number of anilines is 1. The van der Waals surface area contributed by atoms with E-state index in [4.69, 9.17) is 4.74 Å². The summed E-state index contributed by atoms with van der Waals surface area (Å²) in [5.41, 5.74) is 2.93. The Morgan fingerprint density at radius 1 is 1.09 bits per heavy atom. The maximum atomic E-state index is 12.5. The fourth-order valence-corrected chi connectivity index (χ4v) is 3.85. The smallest absolute Gasteiger partial charge is 0.321 e. The molecule has 2 aromatic rings. The standard InChI is InChI=1S/C26H34N4O3/c1-21-8-6-11-24(20-21)27-26(32)30-18-15-28(16-19-30)14-17-29(22(2)31)13-7-10-23-9-4-5-12-25(23)33-3/h4-12,20H,13-19H2,1-3H3,(H,27,32)/b10-7+. The molecule has 1 heterocycles. The first kappa shape index (κ1) is 24.3. The first-order valence-electron chi connectivity index (χ1n) is 11.4. The van der Waals surface area contributed by atoms with Gasteiger partial charge in [0, 0.05) is 64.0 Å². The zero-order valence-corrected chi connectivity index (χ0v) is 19.8. The van der Waals surface area contributed by atoms with Crippen molar-refractivity contribution < 1.29 is 14.3 Å². The molecule has 0 atom stereocenters. The molecule has 0 bridgehead atoms. The van der Waals surface area contributed by atoms with Gasteiger partial charge in [0.2, 0.25) is 5.91 Å². The second-order valence-electron chi connectivity index (χ2n) is 8.24. The zero-order chi connectivity index (χ0) is 23.6. The van der Waals surface area contributed by atoms with E-state index in [2.05, 4.69) is 10.2 Å². The van der Waals surface area contributed by atoms with E-state index >= 15 is 0 Å². The minimum absolute atomic E-state index is 0.0517. The van der Waals surface area contributed by atoms with Crippen molar-refractivity contribution in [3.63, 3.8) is 0 Å². The molecule has 7 nitrogen and oxygen atoms in total. The number of benzene rings is 2. The maximum Gasteiger partial charge on any atom is 0.321 e. The van der Waals surface area contributed by atoms with Gasteiger partial charge in [0.05, 0.1) is 7.11 Å². The van der Waals surface area contributed by atoms with Gasteiger partial charge in [-0.05, 0) is 30.7 Å². The fourth-order valence-electron chi connectivity index (χ4n) is 3.85. The van der Waals surface area contributed by atoms with Crippen LogP contribution in [0, 0.1) is 6.92 Å². The summed E-state index contributed by atoms with van der Waals surface area (Å²) < 4.78 is 5.37. The lowest BCUT2D eigenvalue weighted by molar-refractivity contribution is -0.128. The summed E-state index contributed by atoms with van der Waals surface area (Å²) in [6, 6.07) is 15.6. The second-order valence-corrected chi connectivity index (χ2v) is 8.24. The number of nitrogens with zero attached hydrogens (tertiary/aromatic N) is 3. The van der Waals surface area contributed by atoms with Gasteiger partial charge in [-0.1, -0.05) is 42.5 Å². The minimum Gasteiger partial charge on any atom is -0.496 e. The van der Waals surface area contributed by atoms with Crippen molar-refractivity contribution in [2.75, 3.05) is 58.2 Å². The first-order valence-corrected chi connectivity index (χ1v) is 11.4. The van der Waals surface area contributed by atoms with Gasteiger partial charge in [0.15, 0.2) is 0 Å². The lowest BCUT2D eigenvalue weighted by Crippen LogP contribution is -2.51. The van der Waals surface area contributed by atoms with Crippen molar-refractivity contribution in [3.8, 4) is 5.75 Å². The van der Waals surface area contributed by atoms with E-state index in [0.717, 1.165) is 42.2 Å². The van der Waals surface area contributed by atoms with Gasteiger partial charge in [-0.3, -0.25) is 9.69 Å². The SMILES string of the molecule is COc1ccccc1/C=C/CN(CCN1CCN(C(=O)Nc2cccc(C)c2)CC1)C(C)=O. The predicted octanol–water partition coefficient (Wildman–Crippen LogP) is 3.72. The van der Waals surface area contributed by atoms with Crippen LogP contribution in [-0.2, 0) is 4.79 Å². The first-order chi connectivity index (χ1) is 16.0. The van der Waals surface area contributed by atoms with E-state index in [-0.39, 0.29) is 11.9 Å². The number of piperazine rings is 1. The Balaban J connectivity index is 1.43. The van der Waals surface area contributed by atoms with Crippen LogP contribution in [0.5, 0.6) is 5.75 Å². The number of para-hydroxylation sites is 1. The normalized spacial score (nSPS) is 14.3. The summed E-state index contributed by atoms with van der Waals surface area (Å²) in [6.45, 7) is 8.53. The van der Waals surface area contributed by atoms with Crippen LogP contribution in [0.4, 0.5) is 10.5 Å².